The van der Waals surface area contributed by atoms with E-state index in [-0.39, 0.29) is 5.97 Å². The van der Waals surface area contributed by atoms with Gasteiger partial charge in [0.15, 0.2) is 0 Å². The molecule has 3 nitrogen and oxygen atoms in total. The maximum absolute atomic E-state index is 11.3. The number of rotatable bonds is 4. The van der Waals surface area contributed by atoms with Gasteiger partial charge in [-0.3, -0.25) is 0 Å². The van der Waals surface area contributed by atoms with E-state index in [1.54, 1.807) is 0 Å². The van der Waals surface area contributed by atoms with Crippen LogP contribution in [0.2, 0.25) is 0 Å². The minimum absolute atomic E-state index is 0.279. The summed E-state index contributed by atoms with van der Waals surface area (Å²) in [5.41, 5.74) is 0.607. The van der Waals surface area contributed by atoms with Crippen LogP contribution in [0.25, 0.3) is 0 Å². The van der Waals surface area contributed by atoms with Gasteiger partial charge < -0.3 is 10.1 Å². The SMILES string of the molecule is COC(=O)c1ccc(SC[C@@H]2CCCN2)cc1. The summed E-state index contributed by atoms with van der Waals surface area (Å²) in [5, 5.41) is 3.47. The Kier molecular flexibility index (Phi) is 4.45. The van der Waals surface area contributed by atoms with Crippen molar-refractivity contribution in [3.05, 3.63) is 29.8 Å². The second-order valence-electron chi connectivity index (χ2n) is 4.12. The zero-order valence-corrected chi connectivity index (χ0v) is 10.8. The highest BCUT2D eigenvalue weighted by Gasteiger charge is 2.14. The Labute approximate surface area is 106 Å². The fraction of sp³-hybridized carbons (Fsp3) is 0.462. The Bertz CT molecular complexity index is 372. The molecule has 17 heavy (non-hydrogen) atoms. The van der Waals surface area contributed by atoms with Gasteiger partial charge in [0, 0.05) is 16.7 Å². The van der Waals surface area contributed by atoms with E-state index in [0.29, 0.717) is 11.6 Å². The molecule has 92 valence electrons. The standard InChI is InChI=1S/C13H17NO2S/c1-16-13(15)10-4-6-12(7-5-10)17-9-11-3-2-8-14-11/h4-7,11,14H,2-3,8-9H2,1H3/t11-/m0/s1. The largest absolute Gasteiger partial charge is 0.465 e. The molecule has 0 saturated carbocycles. The topological polar surface area (TPSA) is 38.3 Å². The van der Waals surface area contributed by atoms with Gasteiger partial charge >= 0.3 is 5.97 Å². The van der Waals surface area contributed by atoms with Crippen LogP contribution < -0.4 is 5.32 Å². The zero-order valence-electron chi connectivity index (χ0n) is 9.94. The monoisotopic (exact) mass is 251 g/mol. The number of hydrogen-bond donors (Lipinski definition) is 1. The second-order valence-corrected chi connectivity index (χ2v) is 5.21. The van der Waals surface area contributed by atoms with Crippen LogP contribution in [-0.4, -0.2) is 31.4 Å². The molecule has 1 aromatic carbocycles. The third-order valence-corrected chi connectivity index (χ3v) is 4.06. The molecule has 0 aliphatic carbocycles. The van der Waals surface area contributed by atoms with Crippen molar-refractivity contribution in [2.24, 2.45) is 0 Å². The summed E-state index contributed by atoms with van der Waals surface area (Å²) in [6.07, 6.45) is 2.56. The van der Waals surface area contributed by atoms with E-state index < -0.39 is 0 Å². The molecule has 1 aromatic rings. The minimum atomic E-state index is -0.279. The lowest BCUT2D eigenvalue weighted by Crippen LogP contribution is -2.23. The highest BCUT2D eigenvalue weighted by molar-refractivity contribution is 7.99. The van der Waals surface area contributed by atoms with Crippen molar-refractivity contribution in [3.8, 4) is 0 Å². The number of benzene rings is 1. The number of thioether (sulfide) groups is 1. The molecule has 1 N–H and O–H groups in total. The maximum atomic E-state index is 11.3. The van der Waals surface area contributed by atoms with Crippen LogP contribution in [0.1, 0.15) is 23.2 Å². The molecule has 2 rings (SSSR count). The van der Waals surface area contributed by atoms with Crippen molar-refractivity contribution in [1.82, 2.24) is 5.32 Å². The Morgan fingerprint density at radius 1 is 1.47 bits per heavy atom. The van der Waals surface area contributed by atoms with Crippen molar-refractivity contribution in [2.45, 2.75) is 23.8 Å². The van der Waals surface area contributed by atoms with Crippen LogP contribution in [0, 0.1) is 0 Å². The summed E-state index contributed by atoms with van der Waals surface area (Å²) in [6.45, 7) is 1.15. The first-order chi connectivity index (χ1) is 8.29. The number of methoxy groups -OCH3 is 1. The Hall–Kier alpha value is -1.00. The summed E-state index contributed by atoms with van der Waals surface area (Å²) in [4.78, 5) is 12.5. The first kappa shape index (κ1) is 12.5. The highest BCUT2D eigenvalue weighted by Crippen LogP contribution is 2.21. The van der Waals surface area contributed by atoms with Crippen molar-refractivity contribution < 1.29 is 9.53 Å². The molecular weight excluding hydrogens is 234 g/mol. The molecule has 1 fully saturated rings. The molecular formula is C13H17NO2S. The number of ether oxygens (including phenoxy) is 1. The molecule has 0 aromatic heterocycles. The van der Waals surface area contributed by atoms with Gasteiger partial charge in [0.1, 0.15) is 0 Å². The third kappa shape index (κ3) is 3.48. The van der Waals surface area contributed by atoms with Crippen LogP contribution in [0.5, 0.6) is 0 Å². The second kappa shape index (κ2) is 6.07. The van der Waals surface area contributed by atoms with Crippen LogP contribution in [-0.2, 0) is 4.74 Å². The van der Waals surface area contributed by atoms with Crippen molar-refractivity contribution in [1.29, 1.82) is 0 Å². The molecule has 1 saturated heterocycles. The fourth-order valence-corrected chi connectivity index (χ4v) is 2.91. The van der Waals surface area contributed by atoms with Crippen LogP contribution >= 0.6 is 11.8 Å². The lowest BCUT2D eigenvalue weighted by Gasteiger charge is -2.09. The van der Waals surface area contributed by atoms with Gasteiger partial charge in [-0.15, -0.1) is 11.8 Å². The van der Waals surface area contributed by atoms with E-state index in [2.05, 4.69) is 10.1 Å². The normalized spacial score (nSPS) is 19.2. The fourth-order valence-electron chi connectivity index (χ4n) is 1.90. The summed E-state index contributed by atoms with van der Waals surface area (Å²) >= 11 is 1.83. The van der Waals surface area contributed by atoms with Crippen LogP contribution in [0.4, 0.5) is 0 Å². The lowest BCUT2D eigenvalue weighted by atomic mass is 10.2. The van der Waals surface area contributed by atoms with E-state index in [9.17, 15) is 4.79 Å². The molecule has 1 atom stereocenters. The number of carbonyl (C=O) groups excluding carboxylic acids is 1. The van der Waals surface area contributed by atoms with E-state index in [1.165, 1.54) is 24.8 Å². The van der Waals surface area contributed by atoms with Gasteiger partial charge in [-0.1, -0.05) is 0 Å². The van der Waals surface area contributed by atoms with Gasteiger partial charge in [0.2, 0.25) is 0 Å². The summed E-state index contributed by atoms with van der Waals surface area (Å²) in [6, 6.07) is 8.23. The zero-order chi connectivity index (χ0) is 12.1. The number of carbonyl (C=O) groups is 1. The Morgan fingerprint density at radius 3 is 2.82 bits per heavy atom. The average molecular weight is 251 g/mol. The molecule has 1 aliphatic rings. The maximum Gasteiger partial charge on any atom is 0.337 e. The molecule has 1 aliphatic heterocycles. The van der Waals surface area contributed by atoms with Crippen molar-refractivity contribution in [2.75, 3.05) is 19.4 Å². The molecule has 0 unspecified atom stereocenters. The van der Waals surface area contributed by atoms with Gasteiger partial charge in [0.05, 0.1) is 12.7 Å². The molecule has 0 spiro atoms. The summed E-state index contributed by atoms with van der Waals surface area (Å²) < 4.78 is 4.66. The van der Waals surface area contributed by atoms with Gasteiger partial charge in [0.25, 0.3) is 0 Å². The molecule has 0 radical (unpaired) electrons. The van der Waals surface area contributed by atoms with Crippen molar-refractivity contribution in [3.63, 3.8) is 0 Å². The third-order valence-electron chi connectivity index (χ3n) is 2.89. The van der Waals surface area contributed by atoms with Crippen LogP contribution in [0.15, 0.2) is 29.2 Å². The Morgan fingerprint density at radius 2 is 2.24 bits per heavy atom. The first-order valence-corrected chi connectivity index (χ1v) is 6.82. The molecule has 0 amide bonds. The summed E-state index contributed by atoms with van der Waals surface area (Å²) in [7, 11) is 1.40. The van der Waals surface area contributed by atoms with E-state index >= 15 is 0 Å². The predicted octanol–water partition coefficient (Wildman–Crippen LogP) is 2.32. The van der Waals surface area contributed by atoms with E-state index in [1.807, 2.05) is 36.0 Å². The average Bonchev–Trinajstić information content (AvgIpc) is 2.89. The Balaban J connectivity index is 1.87. The number of nitrogens with one attached hydrogen (secondary N) is 1. The van der Waals surface area contributed by atoms with Gasteiger partial charge in [-0.05, 0) is 43.7 Å². The van der Waals surface area contributed by atoms with E-state index in [0.717, 1.165) is 12.3 Å². The lowest BCUT2D eigenvalue weighted by molar-refractivity contribution is 0.0600. The number of hydrogen-bond acceptors (Lipinski definition) is 4. The van der Waals surface area contributed by atoms with Gasteiger partial charge in [-0.2, -0.15) is 0 Å². The minimum Gasteiger partial charge on any atom is -0.465 e. The molecule has 0 bridgehead atoms. The van der Waals surface area contributed by atoms with Crippen LogP contribution in [0.3, 0.4) is 0 Å². The van der Waals surface area contributed by atoms with Crippen molar-refractivity contribution >= 4 is 17.7 Å². The molecule has 4 heteroatoms. The number of esters is 1. The van der Waals surface area contributed by atoms with Gasteiger partial charge in [-0.25, -0.2) is 4.79 Å². The highest BCUT2D eigenvalue weighted by atomic mass is 32.2. The predicted molar refractivity (Wildman–Crippen MR) is 69.5 cm³/mol. The molecule has 1 heterocycles. The quantitative estimate of drug-likeness (QED) is 0.658. The first-order valence-electron chi connectivity index (χ1n) is 5.84. The smallest absolute Gasteiger partial charge is 0.337 e. The summed E-state index contributed by atoms with van der Waals surface area (Å²) in [5.74, 6) is 0.816. The van der Waals surface area contributed by atoms with E-state index in [4.69, 9.17) is 0 Å².